The molecule has 0 radical (unpaired) electrons. The van der Waals surface area contributed by atoms with Crippen LogP contribution in [0.15, 0.2) is 66.2 Å². The van der Waals surface area contributed by atoms with E-state index in [0.717, 1.165) is 15.8 Å². The van der Waals surface area contributed by atoms with E-state index in [0.29, 0.717) is 53.3 Å². The van der Waals surface area contributed by atoms with Crippen molar-refractivity contribution in [1.29, 1.82) is 0 Å². The van der Waals surface area contributed by atoms with Crippen LogP contribution in [-0.2, 0) is 9.59 Å². The Labute approximate surface area is 222 Å². The molecule has 0 bridgehead atoms. The van der Waals surface area contributed by atoms with Crippen LogP contribution < -0.4 is 19.1 Å². The summed E-state index contributed by atoms with van der Waals surface area (Å²) in [6, 6.07) is 17.1. The molecule has 0 saturated carbocycles. The zero-order valence-electron chi connectivity index (χ0n) is 20.8. The first-order valence-electron chi connectivity index (χ1n) is 12.3. The molecule has 3 heterocycles. The number of hydrogen-bond acceptors (Lipinski definition) is 8. The number of hydrogen-bond donors (Lipinski definition) is 1. The first kappa shape index (κ1) is 24.0. The predicted octanol–water partition coefficient (Wildman–Crippen LogP) is 5.40. The van der Waals surface area contributed by atoms with E-state index in [1.165, 1.54) is 16.2 Å². The number of fused-ring (bicyclic) bond motifs is 2. The van der Waals surface area contributed by atoms with Crippen molar-refractivity contribution >= 4 is 44.1 Å². The van der Waals surface area contributed by atoms with E-state index < -0.39 is 17.7 Å². The summed E-state index contributed by atoms with van der Waals surface area (Å²) in [5, 5.41) is 11.9. The van der Waals surface area contributed by atoms with Crippen LogP contribution in [0.1, 0.15) is 29.7 Å². The van der Waals surface area contributed by atoms with Crippen molar-refractivity contribution in [2.45, 2.75) is 19.9 Å². The Morgan fingerprint density at radius 2 is 1.89 bits per heavy atom. The number of aromatic nitrogens is 1. The minimum atomic E-state index is -0.912. The summed E-state index contributed by atoms with van der Waals surface area (Å²) in [5.74, 6) is -0.238. The highest BCUT2D eigenvalue weighted by molar-refractivity contribution is 7.22. The lowest BCUT2D eigenvalue weighted by Crippen LogP contribution is -2.29. The molecule has 0 unspecified atom stereocenters. The van der Waals surface area contributed by atoms with Gasteiger partial charge in [0.2, 0.25) is 0 Å². The topological polar surface area (TPSA) is 98.2 Å². The van der Waals surface area contributed by atoms with Crippen molar-refractivity contribution in [3.05, 3.63) is 82.9 Å². The van der Waals surface area contributed by atoms with E-state index in [1.807, 2.05) is 32.0 Å². The van der Waals surface area contributed by atoms with Crippen molar-refractivity contribution < 1.29 is 28.9 Å². The van der Waals surface area contributed by atoms with E-state index in [9.17, 15) is 14.7 Å². The Morgan fingerprint density at radius 1 is 1.08 bits per heavy atom. The smallest absolute Gasteiger partial charge is 0.301 e. The molecule has 1 atom stereocenters. The molecule has 1 fully saturated rings. The Balaban J connectivity index is 1.54. The zero-order valence-corrected chi connectivity index (χ0v) is 21.6. The Morgan fingerprint density at radius 3 is 2.71 bits per heavy atom. The second kappa shape index (κ2) is 9.50. The molecule has 38 heavy (non-hydrogen) atoms. The van der Waals surface area contributed by atoms with Crippen molar-refractivity contribution in [3.8, 4) is 17.2 Å². The zero-order chi connectivity index (χ0) is 26.4. The van der Waals surface area contributed by atoms with Crippen molar-refractivity contribution in [1.82, 2.24) is 4.98 Å². The Bertz CT molecular complexity index is 1620. The minimum Gasteiger partial charge on any atom is -0.507 e. The molecule has 6 rings (SSSR count). The molecule has 4 aromatic rings. The number of amides is 1. The molecular formula is C29H24N2O6S. The van der Waals surface area contributed by atoms with Gasteiger partial charge in [0, 0.05) is 5.56 Å². The number of ether oxygens (including phenoxy) is 3. The van der Waals surface area contributed by atoms with E-state index >= 15 is 0 Å². The van der Waals surface area contributed by atoms with Gasteiger partial charge in [-0.1, -0.05) is 29.5 Å². The van der Waals surface area contributed by atoms with E-state index in [1.54, 1.807) is 42.5 Å². The number of carbonyl (C=O) groups is 2. The van der Waals surface area contributed by atoms with Gasteiger partial charge in [0.25, 0.3) is 5.78 Å². The fraction of sp³-hybridized carbons (Fsp3) is 0.207. The van der Waals surface area contributed by atoms with Gasteiger partial charge in [0.05, 0.1) is 28.4 Å². The highest BCUT2D eigenvalue weighted by atomic mass is 32.1. The van der Waals surface area contributed by atoms with Crippen molar-refractivity contribution in [2.24, 2.45) is 0 Å². The molecule has 0 aliphatic carbocycles. The highest BCUT2D eigenvalue weighted by Gasteiger charge is 2.48. The van der Waals surface area contributed by atoms with Crippen molar-refractivity contribution in [2.75, 3.05) is 24.7 Å². The monoisotopic (exact) mass is 528 g/mol. The number of ketones is 1. The van der Waals surface area contributed by atoms with Gasteiger partial charge in [0.15, 0.2) is 16.6 Å². The van der Waals surface area contributed by atoms with E-state index in [2.05, 4.69) is 4.98 Å². The third kappa shape index (κ3) is 4.05. The molecule has 1 aromatic heterocycles. The number of carbonyl (C=O) groups excluding carboxylic acids is 2. The molecule has 1 amide bonds. The summed E-state index contributed by atoms with van der Waals surface area (Å²) in [4.78, 5) is 33.1. The van der Waals surface area contributed by atoms with Gasteiger partial charge in [-0.15, -0.1) is 0 Å². The molecule has 2 aliphatic heterocycles. The van der Waals surface area contributed by atoms with Crippen molar-refractivity contribution in [3.63, 3.8) is 0 Å². The summed E-state index contributed by atoms with van der Waals surface area (Å²) in [6.07, 6.45) is 0. The van der Waals surface area contributed by atoms with Crippen LogP contribution in [-0.4, -0.2) is 41.6 Å². The quantitative estimate of drug-likeness (QED) is 0.210. The maximum atomic E-state index is 13.5. The molecule has 192 valence electrons. The Hall–Kier alpha value is -4.37. The SMILES string of the molecule is CCOc1cccc([C@H]2/C(=C(\O)c3ccc4c(c3)OCCO4)C(=O)C(=O)N2c2nc3ccc(C)cc3s2)c1. The number of benzene rings is 3. The second-order valence-corrected chi connectivity index (χ2v) is 10.0. The molecule has 1 saturated heterocycles. The lowest BCUT2D eigenvalue weighted by molar-refractivity contribution is -0.132. The number of aliphatic hydroxyl groups excluding tert-OH is 1. The number of rotatable bonds is 5. The lowest BCUT2D eigenvalue weighted by Gasteiger charge is -2.23. The van der Waals surface area contributed by atoms with Crippen LogP contribution in [0.25, 0.3) is 16.0 Å². The van der Waals surface area contributed by atoms with Gasteiger partial charge in [-0.3, -0.25) is 14.5 Å². The van der Waals surface area contributed by atoms with E-state index in [-0.39, 0.29) is 11.3 Å². The predicted molar refractivity (Wildman–Crippen MR) is 144 cm³/mol. The number of thiazole rings is 1. The highest BCUT2D eigenvalue weighted by Crippen LogP contribution is 2.45. The number of aliphatic hydroxyl groups is 1. The molecule has 0 spiro atoms. The van der Waals surface area contributed by atoms with Gasteiger partial charge < -0.3 is 19.3 Å². The van der Waals surface area contributed by atoms with Crippen LogP contribution in [0, 0.1) is 6.92 Å². The molecule has 8 nitrogen and oxygen atoms in total. The summed E-state index contributed by atoms with van der Waals surface area (Å²) in [5.41, 5.74) is 2.72. The maximum absolute atomic E-state index is 13.5. The molecule has 9 heteroatoms. The molecule has 2 aliphatic rings. The van der Waals surface area contributed by atoms with Gasteiger partial charge in [0.1, 0.15) is 24.7 Å². The fourth-order valence-electron chi connectivity index (χ4n) is 4.76. The molecular weight excluding hydrogens is 504 g/mol. The first-order valence-corrected chi connectivity index (χ1v) is 13.1. The Kier molecular flexibility index (Phi) is 6.00. The van der Waals surface area contributed by atoms with Gasteiger partial charge in [-0.2, -0.15) is 0 Å². The normalized spacial score (nSPS) is 18.3. The lowest BCUT2D eigenvalue weighted by atomic mass is 9.95. The largest absolute Gasteiger partial charge is 0.507 e. The fourth-order valence-corrected chi connectivity index (χ4v) is 5.85. The number of aryl methyl sites for hydroxylation is 1. The van der Waals surface area contributed by atoms with Crippen LogP contribution in [0.3, 0.4) is 0 Å². The molecule has 1 N–H and O–H groups in total. The first-order chi connectivity index (χ1) is 18.4. The summed E-state index contributed by atoms with van der Waals surface area (Å²) in [7, 11) is 0. The van der Waals surface area contributed by atoms with Crippen LogP contribution >= 0.6 is 11.3 Å². The van der Waals surface area contributed by atoms with E-state index in [4.69, 9.17) is 14.2 Å². The summed E-state index contributed by atoms with van der Waals surface area (Å²) in [6.45, 7) is 5.13. The number of nitrogens with zero attached hydrogens (tertiary/aromatic N) is 2. The number of anilines is 1. The third-order valence-electron chi connectivity index (χ3n) is 6.48. The third-order valence-corrected chi connectivity index (χ3v) is 7.50. The van der Waals surface area contributed by atoms with Crippen LogP contribution in [0.2, 0.25) is 0 Å². The number of Topliss-reactive ketones (excluding diaryl/α,β-unsaturated/α-hetero) is 1. The average Bonchev–Trinajstić information content (AvgIpc) is 3.46. The van der Waals surface area contributed by atoms with Crippen LogP contribution in [0.5, 0.6) is 17.2 Å². The minimum absolute atomic E-state index is 0.0317. The van der Waals surface area contributed by atoms with Crippen LogP contribution in [0.4, 0.5) is 5.13 Å². The van der Waals surface area contributed by atoms with Gasteiger partial charge >= 0.3 is 5.91 Å². The second-order valence-electron chi connectivity index (χ2n) is 9.00. The average molecular weight is 529 g/mol. The standard InChI is InChI=1S/C29H24N2O6S/c1-3-35-19-6-4-5-17(14-19)25-24(26(32)18-8-10-21-22(15-18)37-12-11-36-21)27(33)28(34)31(25)29-30-20-9-7-16(2)13-23(20)38-29/h4-10,13-15,25,32H,3,11-12H2,1-2H3/b26-24+/t25-/m0/s1. The summed E-state index contributed by atoms with van der Waals surface area (Å²) >= 11 is 1.33. The summed E-state index contributed by atoms with van der Waals surface area (Å²) < 4.78 is 17.8. The van der Waals surface area contributed by atoms with Gasteiger partial charge in [-0.05, 0) is 67.4 Å². The van der Waals surface area contributed by atoms with Gasteiger partial charge in [-0.25, -0.2) is 4.98 Å². The molecule has 3 aromatic carbocycles. The maximum Gasteiger partial charge on any atom is 0.301 e.